The molecule has 0 saturated heterocycles. The van der Waals surface area contributed by atoms with Crippen molar-refractivity contribution in [2.45, 2.75) is 27.7 Å². The Morgan fingerprint density at radius 3 is 1.83 bits per heavy atom. The van der Waals surface area contributed by atoms with Gasteiger partial charge < -0.3 is 13.3 Å². The van der Waals surface area contributed by atoms with Gasteiger partial charge in [0.15, 0.2) is 0 Å². The lowest BCUT2D eigenvalue weighted by atomic mass is 10.0. The third kappa shape index (κ3) is 3.90. The molecule has 23 heavy (non-hydrogen) atoms. The zero-order chi connectivity index (χ0) is 16.7. The van der Waals surface area contributed by atoms with Gasteiger partial charge in [-0.05, 0) is 44.4 Å². The van der Waals surface area contributed by atoms with Gasteiger partial charge in [-0.1, -0.05) is 48.5 Å². The Morgan fingerprint density at radius 1 is 0.739 bits per heavy atom. The molecule has 3 nitrogen and oxygen atoms in total. The van der Waals surface area contributed by atoms with Crippen LogP contribution in [0.5, 0.6) is 0 Å². The summed E-state index contributed by atoms with van der Waals surface area (Å²) in [5, 5.41) is 1.06. The summed E-state index contributed by atoms with van der Waals surface area (Å²) in [5.41, 5.74) is 3.55. The molecular formula is C19H26O3Si. The first kappa shape index (κ1) is 17.9. The summed E-state index contributed by atoms with van der Waals surface area (Å²) in [7, 11) is -2.88. The molecular weight excluding hydrogens is 304 g/mol. The molecule has 2 rings (SSSR count). The molecule has 0 aliphatic heterocycles. The molecule has 0 saturated carbocycles. The first-order valence-corrected chi connectivity index (χ1v) is 9.98. The van der Waals surface area contributed by atoms with E-state index < -0.39 is 8.80 Å². The van der Waals surface area contributed by atoms with E-state index in [1.807, 2.05) is 26.8 Å². The third-order valence-corrected chi connectivity index (χ3v) is 6.96. The van der Waals surface area contributed by atoms with Gasteiger partial charge >= 0.3 is 8.80 Å². The lowest BCUT2D eigenvalue weighted by Gasteiger charge is -2.30. The summed E-state index contributed by atoms with van der Waals surface area (Å²) in [4.78, 5) is 0. The predicted octanol–water partition coefficient (Wildman–Crippen LogP) is 3.92. The highest BCUT2D eigenvalue weighted by molar-refractivity contribution is 6.76. The first-order chi connectivity index (χ1) is 11.2. The van der Waals surface area contributed by atoms with E-state index in [0.29, 0.717) is 19.8 Å². The van der Waals surface area contributed by atoms with Crippen molar-refractivity contribution in [3.8, 4) is 11.1 Å². The van der Waals surface area contributed by atoms with Crippen molar-refractivity contribution in [2.24, 2.45) is 0 Å². The number of hydrogen-bond acceptors (Lipinski definition) is 3. The topological polar surface area (TPSA) is 27.7 Å². The summed E-state index contributed by atoms with van der Waals surface area (Å²) in [6, 6.07) is 16.7. The monoisotopic (exact) mass is 330 g/mol. The van der Waals surface area contributed by atoms with Gasteiger partial charge in [0, 0.05) is 25.0 Å². The lowest BCUT2D eigenvalue weighted by molar-refractivity contribution is 0.0858. The minimum absolute atomic E-state index is 0.571. The zero-order valence-corrected chi connectivity index (χ0v) is 15.5. The second kappa shape index (κ2) is 8.41. The average molecular weight is 331 g/mol. The van der Waals surface area contributed by atoms with Crippen molar-refractivity contribution < 1.29 is 13.3 Å². The predicted molar refractivity (Wildman–Crippen MR) is 96.9 cm³/mol. The van der Waals surface area contributed by atoms with Crippen molar-refractivity contribution in [2.75, 3.05) is 19.8 Å². The molecule has 0 aromatic heterocycles. The molecule has 0 heterocycles. The summed E-state index contributed by atoms with van der Waals surface area (Å²) in [6.45, 7) is 9.78. The minimum atomic E-state index is -2.88. The van der Waals surface area contributed by atoms with Crippen LogP contribution in [0.4, 0.5) is 0 Å². The van der Waals surface area contributed by atoms with Crippen LogP contribution in [-0.2, 0) is 13.3 Å². The van der Waals surface area contributed by atoms with Gasteiger partial charge in [-0.15, -0.1) is 0 Å². The first-order valence-electron chi connectivity index (χ1n) is 8.25. The van der Waals surface area contributed by atoms with Gasteiger partial charge in [0.2, 0.25) is 0 Å². The van der Waals surface area contributed by atoms with Crippen LogP contribution >= 0.6 is 0 Å². The molecule has 124 valence electrons. The fourth-order valence-corrected chi connectivity index (χ4v) is 5.58. The van der Waals surface area contributed by atoms with Crippen LogP contribution < -0.4 is 5.19 Å². The van der Waals surface area contributed by atoms with Gasteiger partial charge in [-0.25, -0.2) is 0 Å². The highest BCUT2D eigenvalue weighted by Gasteiger charge is 2.44. The van der Waals surface area contributed by atoms with Gasteiger partial charge in [-0.3, -0.25) is 0 Å². The molecule has 0 aliphatic rings. The maximum Gasteiger partial charge on any atom is 0.537 e. The highest BCUT2D eigenvalue weighted by Crippen LogP contribution is 2.24. The summed E-state index contributed by atoms with van der Waals surface area (Å²) in [6.07, 6.45) is 0. The molecule has 2 aromatic carbocycles. The fourth-order valence-electron chi connectivity index (χ4n) is 2.83. The zero-order valence-electron chi connectivity index (χ0n) is 14.5. The van der Waals surface area contributed by atoms with Crippen LogP contribution in [0.1, 0.15) is 26.3 Å². The largest absolute Gasteiger partial charge is 0.537 e. The molecule has 0 bridgehead atoms. The van der Waals surface area contributed by atoms with Gasteiger partial charge in [-0.2, -0.15) is 0 Å². The number of hydrogen-bond donors (Lipinski definition) is 0. The number of rotatable bonds is 8. The molecule has 0 spiro atoms. The molecule has 2 aromatic rings. The molecule has 0 aliphatic carbocycles. The van der Waals surface area contributed by atoms with Crippen molar-refractivity contribution >= 4 is 14.0 Å². The molecule has 0 unspecified atom stereocenters. The van der Waals surface area contributed by atoms with Gasteiger partial charge in [0.05, 0.1) is 0 Å². The fraction of sp³-hybridized carbons (Fsp3) is 0.368. The second-order valence-corrected chi connectivity index (χ2v) is 7.72. The summed E-state index contributed by atoms with van der Waals surface area (Å²) >= 11 is 0. The van der Waals surface area contributed by atoms with E-state index in [4.69, 9.17) is 13.3 Å². The second-order valence-electron chi connectivity index (χ2n) is 5.20. The Balaban J connectivity index is 2.56. The quantitative estimate of drug-likeness (QED) is 0.687. The molecule has 0 fully saturated rings. The normalized spacial score (nSPS) is 11.7. The Morgan fingerprint density at radius 2 is 1.30 bits per heavy atom. The van der Waals surface area contributed by atoms with E-state index >= 15 is 0 Å². The van der Waals surface area contributed by atoms with E-state index in [-0.39, 0.29) is 0 Å². The highest BCUT2D eigenvalue weighted by atomic mass is 28.4. The van der Waals surface area contributed by atoms with Crippen LogP contribution in [-0.4, -0.2) is 28.6 Å². The molecule has 0 radical (unpaired) electrons. The molecule has 0 N–H and O–H groups in total. The van der Waals surface area contributed by atoms with Crippen LogP contribution in [0.3, 0.4) is 0 Å². The Kier molecular flexibility index (Phi) is 6.54. The van der Waals surface area contributed by atoms with Crippen molar-refractivity contribution in [3.05, 3.63) is 54.1 Å². The van der Waals surface area contributed by atoms with Gasteiger partial charge in [0.1, 0.15) is 0 Å². The Bertz CT molecular complexity index is 596. The smallest absolute Gasteiger partial charge is 0.370 e. The van der Waals surface area contributed by atoms with Crippen LogP contribution in [0, 0.1) is 6.92 Å². The third-order valence-electron chi connectivity index (χ3n) is 3.75. The van der Waals surface area contributed by atoms with Crippen LogP contribution in [0.15, 0.2) is 48.5 Å². The van der Waals surface area contributed by atoms with E-state index in [1.54, 1.807) is 0 Å². The van der Waals surface area contributed by atoms with Crippen LogP contribution in [0.2, 0.25) is 0 Å². The maximum absolute atomic E-state index is 6.06. The molecule has 0 amide bonds. The van der Waals surface area contributed by atoms with Crippen LogP contribution in [0.25, 0.3) is 11.1 Å². The number of benzene rings is 2. The van der Waals surface area contributed by atoms with E-state index in [9.17, 15) is 0 Å². The van der Waals surface area contributed by atoms with Gasteiger partial charge in [0.25, 0.3) is 0 Å². The lowest BCUT2D eigenvalue weighted by Crippen LogP contribution is -2.57. The maximum atomic E-state index is 6.06. The van der Waals surface area contributed by atoms with Crippen molar-refractivity contribution in [1.82, 2.24) is 0 Å². The molecule has 0 atom stereocenters. The Hall–Kier alpha value is -1.46. The van der Waals surface area contributed by atoms with Crippen molar-refractivity contribution in [3.63, 3.8) is 0 Å². The van der Waals surface area contributed by atoms with Crippen molar-refractivity contribution in [1.29, 1.82) is 0 Å². The van der Waals surface area contributed by atoms with E-state index in [1.165, 1.54) is 16.7 Å². The minimum Gasteiger partial charge on any atom is -0.370 e. The average Bonchev–Trinajstić information content (AvgIpc) is 2.56. The van der Waals surface area contributed by atoms with E-state index in [2.05, 4.69) is 49.4 Å². The summed E-state index contributed by atoms with van der Waals surface area (Å²) in [5.74, 6) is 0. The molecule has 4 heteroatoms. The standard InChI is InChI=1S/C19H26O3Si/c1-5-20-23(21-6-2,22-7-3)19-15-11-14-18(16(19)4)17-12-9-8-10-13-17/h8-15H,5-7H2,1-4H3. The SMILES string of the molecule is CCO[Si](OCC)(OCC)c1cccc(-c2ccccc2)c1C. The Labute approximate surface area is 140 Å². The van der Waals surface area contributed by atoms with E-state index in [0.717, 1.165) is 5.19 Å². The summed E-state index contributed by atoms with van der Waals surface area (Å²) < 4.78 is 18.2.